The summed E-state index contributed by atoms with van der Waals surface area (Å²) in [5.74, 6) is 0.506. The van der Waals surface area contributed by atoms with Crippen molar-refractivity contribution in [3.05, 3.63) is 59.4 Å². The van der Waals surface area contributed by atoms with Gasteiger partial charge in [0, 0.05) is 27.2 Å². The van der Waals surface area contributed by atoms with Crippen molar-refractivity contribution in [3.63, 3.8) is 0 Å². The predicted octanol–water partition coefficient (Wildman–Crippen LogP) is 2.52. The molecule has 7 nitrogen and oxygen atoms in total. The number of amides is 1. The number of carbonyl (C=O) groups excluding carboxylic acids is 1. The molecular weight excluding hydrogens is 490 g/mol. The summed E-state index contributed by atoms with van der Waals surface area (Å²) in [5.41, 5.74) is 6.84. The number of nitrogens with zero attached hydrogens (tertiary/aromatic N) is 2. The zero-order chi connectivity index (χ0) is 20.5. The molecule has 2 rings (SSSR count). The standard InChI is InChI=1S/C20H25FN4O3.HI/c1-23-20(25(2)12-15-7-8-18(27-3)17(21)10-15)24-11-14-5-4-6-16(9-14)28-13-19(22)26;/h4-10H,11-13H2,1-3H3,(H2,22,26)(H,23,24);1H. The molecule has 0 spiro atoms. The average Bonchev–Trinajstić information content (AvgIpc) is 2.67. The lowest BCUT2D eigenvalue weighted by molar-refractivity contribution is -0.119. The summed E-state index contributed by atoms with van der Waals surface area (Å²) in [6.45, 7) is 0.809. The number of nitrogens with one attached hydrogen (secondary N) is 1. The fourth-order valence-corrected chi connectivity index (χ4v) is 2.62. The summed E-state index contributed by atoms with van der Waals surface area (Å²) < 4.78 is 24.1. The lowest BCUT2D eigenvalue weighted by Gasteiger charge is -2.22. The number of hydrogen-bond donors (Lipinski definition) is 2. The maximum atomic E-state index is 13.9. The molecule has 29 heavy (non-hydrogen) atoms. The molecule has 2 aromatic rings. The number of primary amides is 1. The maximum Gasteiger partial charge on any atom is 0.255 e. The molecule has 158 valence electrons. The normalized spacial score (nSPS) is 10.7. The summed E-state index contributed by atoms with van der Waals surface area (Å²) in [6, 6.07) is 12.2. The Labute approximate surface area is 187 Å². The SMILES string of the molecule is CN=C(NCc1cccc(OCC(N)=O)c1)N(C)Cc1ccc(OC)c(F)c1.I. The van der Waals surface area contributed by atoms with Gasteiger partial charge >= 0.3 is 0 Å². The molecule has 2 aromatic carbocycles. The highest BCUT2D eigenvalue weighted by molar-refractivity contribution is 14.0. The topological polar surface area (TPSA) is 89.2 Å². The number of nitrogens with two attached hydrogens (primary N) is 1. The number of halogens is 2. The zero-order valence-electron chi connectivity index (χ0n) is 16.6. The highest BCUT2D eigenvalue weighted by Gasteiger charge is 2.10. The van der Waals surface area contributed by atoms with Crippen LogP contribution in [0.25, 0.3) is 0 Å². The predicted molar refractivity (Wildman–Crippen MR) is 121 cm³/mol. The third kappa shape index (κ3) is 7.76. The van der Waals surface area contributed by atoms with E-state index >= 15 is 0 Å². The van der Waals surface area contributed by atoms with Crippen molar-refractivity contribution < 1.29 is 18.7 Å². The minimum atomic E-state index is -0.527. The largest absolute Gasteiger partial charge is 0.494 e. The van der Waals surface area contributed by atoms with E-state index in [0.29, 0.717) is 24.8 Å². The number of carbonyl (C=O) groups is 1. The van der Waals surface area contributed by atoms with Crippen LogP contribution in [0.15, 0.2) is 47.5 Å². The molecule has 3 N–H and O–H groups in total. The molecule has 0 aliphatic heterocycles. The number of hydrogen-bond acceptors (Lipinski definition) is 4. The quantitative estimate of drug-likeness (QED) is 0.320. The third-order valence-electron chi connectivity index (χ3n) is 3.94. The molecule has 0 radical (unpaired) electrons. The molecule has 1 amide bonds. The van der Waals surface area contributed by atoms with E-state index in [1.165, 1.54) is 13.2 Å². The Kier molecular flexibility index (Phi) is 10.2. The molecule has 0 saturated heterocycles. The Morgan fingerprint density at radius 2 is 2.00 bits per heavy atom. The van der Waals surface area contributed by atoms with Crippen LogP contribution in [0.2, 0.25) is 0 Å². The van der Waals surface area contributed by atoms with Gasteiger partial charge in [0.05, 0.1) is 7.11 Å². The fraction of sp³-hybridized carbons (Fsp3) is 0.300. The first kappa shape index (κ1) is 24.5. The minimum Gasteiger partial charge on any atom is -0.494 e. The van der Waals surface area contributed by atoms with Gasteiger partial charge in [-0.15, -0.1) is 24.0 Å². The average molecular weight is 516 g/mol. The van der Waals surface area contributed by atoms with Crippen molar-refractivity contribution >= 4 is 35.8 Å². The van der Waals surface area contributed by atoms with Gasteiger partial charge in [-0.05, 0) is 35.4 Å². The summed E-state index contributed by atoms with van der Waals surface area (Å²) in [4.78, 5) is 17.0. The van der Waals surface area contributed by atoms with Crippen LogP contribution in [-0.4, -0.2) is 44.6 Å². The van der Waals surface area contributed by atoms with Crippen molar-refractivity contribution in [3.8, 4) is 11.5 Å². The maximum absolute atomic E-state index is 13.9. The third-order valence-corrected chi connectivity index (χ3v) is 3.94. The second kappa shape index (κ2) is 12.1. The molecule has 0 saturated carbocycles. The summed E-state index contributed by atoms with van der Waals surface area (Å²) in [6.07, 6.45) is 0. The summed E-state index contributed by atoms with van der Waals surface area (Å²) in [5, 5.41) is 3.25. The van der Waals surface area contributed by atoms with E-state index in [9.17, 15) is 9.18 Å². The molecule has 0 unspecified atom stereocenters. The first-order chi connectivity index (χ1) is 13.4. The van der Waals surface area contributed by atoms with E-state index in [-0.39, 0.29) is 36.3 Å². The molecule has 0 aromatic heterocycles. The van der Waals surface area contributed by atoms with Crippen LogP contribution < -0.4 is 20.5 Å². The first-order valence-electron chi connectivity index (χ1n) is 8.67. The molecule has 0 fully saturated rings. The monoisotopic (exact) mass is 516 g/mol. The first-order valence-corrected chi connectivity index (χ1v) is 8.67. The molecule has 0 aliphatic carbocycles. The van der Waals surface area contributed by atoms with E-state index in [1.54, 1.807) is 19.2 Å². The number of guanidine groups is 1. The van der Waals surface area contributed by atoms with Crippen molar-refractivity contribution in [2.75, 3.05) is 27.8 Å². The molecule has 0 bridgehead atoms. The molecule has 9 heteroatoms. The fourth-order valence-electron chi connectivity index (χ4n) is 2.62. The second-order valence-corrected chi connectivity index (χ2v) is 6.13. The summed E-state index contributed by atoms with van der Waals surface area (Å²) >= 11 is 0. The molecule has 0 heterocycles. The lowest BCUT2D eigenvalue weighted by Crippen LogP contribution is -2.38. The highest BCUT2D eigenvalue weighted by atomic mass is 127. The lowest BCUT2D eigenvalue weighted by atomic mass is 10.2. The van der Waals surface area contributed by atoms with Gasteiger partial charge in [0.1, 0.15) is 5.75 Å². The van der Waals surface area contributed by atoms with Crippen LogP contribution in [-0.2, 0) is 17.9 Å². The van der Waals surface area contributed by atoms with Crippen LogP contribution in [0.3, 0.4) is 0 Å². The number of methoxy groups -OCH3 is 1. The van der Waals surface area contributed by atoms with Crippen LogP contribution in [0.1, 0.15) is 11.1 Å². The number of ether oxygens (including phenoxy) is 2. The van der Waals surface area contributed by atoms with Crippen molar-refractivity contribution in [1.82, 2.24) is 10.2 Å². The van der Waals surface area contributed by atoms with Gasteiger partial charge in [0.25, 0.3) is 5.91 Å². The highest BCUT2D eigenvalue weighted by Crippen LogP contribution is 2.18. The van der Waals surface area contributed by atoms with Crippen LogP contribution in [0.5, 0.6) is 11.5 Å². The van der Waals surface area contributed by atoms with Gasteiger partial charge in [0.15, 0.2) is 24.1 Å². The van der Waals surface area contributed by atoms with Crippen molar-refractivity contribution in [2.45, 2.75) is 13.1 Å². The Morgan fingerprint density at radius 1 is 1.24 bits per heavy atom. The van der Waals surface area contributed by atoms with E-state index in [0.717, 1.165) is 11.1 Å². The Bertz CT molecular complexity index is 848. The van der Waals surface area contributed by atoms with E-state index in [1.807, 2.05) is 36.2 Å². The Hall–Kier alpha value is -2.56. The molecule has 0 atom stereocenters. The Balaban J connectivity index is 0.00000420. The van der Waals surface area contributed by atoms with E-state index in [4.69, 9.17) is 15.2 Å². The van der Waals surface area contributed by atoms with Gasteiger partial charge in [-0.25, -0.2) is 4.39 Å². The summed E-state index contributed by atoms with van der Waals surface area (Å²) in [7, 11) is 4.98. The zero-order valence-corrected chi connectivity index (χ0v) is 19.0. The van der Waals surface area contributed by atoms with Gasteiger partial charge in [-0.2, -0.15) is 0 Å². The van der Waals surface area contributed by atoms with Gasteiger partial charge in [-0.1, -0.05) is 18.2 Å². The van der Waals surface area contributed by atoms with Crippen LogP contribution >= 0.6 is 24.0 Å². The minimum absolute atomic E-state index is 0. The molecular formula is C20H26FIN4O3. The van der Waals surface area contributed by atoms with Crippen molar-refractivity contribution in [2.24, 2.45) is 10.7 Å². The van der Waals surface area contributed by atoms with Crippen LogP contribution in [0.4, 0.5) is 4.39 Å². The van der Waals surface area contributed by atoms with E-state index < -0.39 is 11.7 Å². The number of benzene rings is 2. The van der Waals surface area contributed by atoms with Gasteiger partial charge < -0.3 is 25.4 Å². The van der Waals surface area contributed by atoms with E-state index in [2.05, 4.69) is 10.3 Å². The van der Waals surface area contributed by atoms with Crippen molar-refractivity contribution in [1.29, 1.82) is 0 Å². The van der Waals surface area contributed by atoms with Crippen LogP contribution in [0, 0.1) is 5.82 Å². The smallest absolute Gasteiger partial charge is 0.255 e. The number of rotatable bonds is 8. The molecule has 0 aliphatic rings. The number of aliphatic imine (C=N–C) groups is 1. The second-order valence-electron chi connectivity index (χ2n) is 6.13. The Morgan fingerprint density at radius 3 is 2.62 bits per heavy atom. The van der Waals surface area contributed by atoms with Gasteiger partial charge in [-0.3, -0.25) is 9.79 Å². The van der Waals surface area contributed by atoms with Gasteiger partial charge in [0.2, 0.25) is 0 Å².